The Morgan fingerprint density at radius 3 is 2.47 bits per heavy atom. The molecule has 15 heavy (non-hydrogen) atoms. The van der Waals surface area contributed by atoms with E-state index < -0.39 is 0 Å². The molecule has 0 atom stereocenters. The molecule has 5 heteroatoms. The number of carbonyl (C=O) groups is 1. The van der Waals surface area contributed by atoms with Crippen LogP contribution >= 0.6 is 0 Å². The Bertz CT molecular complexity index is 556. The molecule has 0 aliphatic rings. The number of aromatic nitrogens is 4. The monoisotopic (exact) mass is 204 g/mol. The summed E-state index contributed by atoms with van der Waals surface area (Å²) in [4.78, 5) is 19.9. The molecule has 0 fully saturated rings. The minimum atomic E-state index is -0.0205. The van der Waals surface area contributed by atoms with E-state index in [0.717, 1.165) is 11.3 Å². The van der Waals surface area contributed by atoms with E-state index in [4.69, 9.17) is 0 Å². The number of carbonyl (C=O) groups excluding carboxylic acids is 1. The van der Waals surface area contributed by atoms with Crippen LogP contribution in [0.3, 0.4) is 0 Å². The van der Waals surface area contributed by atoms with Gasteiger partial charge in [-0.2, -0.15) is 9.50 Å². The van der Waals surface area contributed by atoms with E-state index in [9.17, 15) is 4.79 Å². The summed E-state index contributed by atoms with van der Waals surface area (Å²) >= 11 is 0. The van der Waals surface area contributed by atoms with E-state index in [0.29, 0.717) is 17.3 Å². The molecule has 0 saturated heterocycles. The van der Waals surface area contributed by atoms with E-state index in [-0.39, 0.29) is 5.78 Å². The summed E-state index contributed by atoms with van der Waals surface area (Å²) < 4.78 is 1.51. The predicted octanol–water partition coefficient (Wildman–Crippen LogP) is 1.25. The lowest BCUT2D eigenvalue weighted by Crippen LogP contribution is -2.10. The van der Waals surface area contributed by atoms with Gasteiger partial charge in [0.15, 0.2) is 5.78 Å². The first-order chi connectivity index (χ1) is 7.00. The van der Waals surface area contributed by atoms with Crippen LogP contribution in [0.5, 0.6) is 0 Å². The van der Waals surface area contributed by atoms with Gasteiger partial charge in [0.2, 0.25) is 0 Å². The molecule has 0 saturated carbocycles. The molecule has 0 aliphatic heterocycles. The van der Waals surface area contributed by atoms with Crippen molar-refractivity contribution in [1.82, 2.24) is 19.6 Å². The molecule has 0 radical (unpaired) electrons. The van der Waals surface area contributed by atoms with E-state index in [1.54, 1.807) is 6.92 Å². The van der Waals surface area contributed by atoms with Gasteiger partial charge in [0, 0.05) is 12.6 Å². The summed E-state index contributed by atoms with van der Waals surface area (Å²) in [7, 11) is 0. The molecule has 2 rings (SSSR count). The van der Waals surface area contributed by atoms with Crippen molar-refractivity contribution in [1.29, 1.82) is 0 Å². The molecule has 2 aromatic heterocycles. The fraction of sp³-hybridized carbons (Fsp3) is 0.400. The first kappa shape index (κ1) is 9.76. The molecule has 0 spiro atoms. The highest BCUT2D eigenvalue weighted by Gasteiger charge is 2.15. The largest absolute Gasteiger partial charge is 0.293 e. The van der Waals surface area contributed by atoms with Gasteiger partial charge >= 0.3 is 0 Å². The van der Waals surface area contributed by atoms with Crippen molar-refractivity contribution in [2.45, 2.75) is 27.7 Å². The summed E-state index contributed by atoms with van der Waals surface area (Å²) in [6, 6.07) is 0. The maximum absolute atomic E-state index is 11.5. The predicted molar refractivity (Wildman–Crippen MR) is 55.0 cm³/mol. The van der Waals surface area contributed by atoms with Crippen LogP contribution in [0.25, 0.3) is 5.78 Å². The van der Waals surface area contributed by atoms with Gasteiger partial charge in [0.25, 0.3) is 5.78 Å². The standard InChI is InChI=1S/C10H12N4O/c1-5-6(2)11-10-12-8(4)13-14(10)9(5)7(3)15/h1-4H3. The normalized spacial score (nSPS) is 10.9. The summed E-state index contributed by atoms with van der Waals surface area (Å²) in [5, 5.41) is 4.16. The third-order valence-electron chi connectivity index (χ3n) is 2.41. The Hall–Kier alpha value is -1.78. The van der Waals surface area contributed by atoms with Gasteiger partial charge in [-0.3, -0.25) is 4.79 Å². The number of Topliss-reactive ketones (excluding diaryl/α,β-unsaturated/α-hetero) is 1. The maximum atomic E-state index is 11.5. The van der Waals surface area contributed by atoms with Crippen LogP contribution in [-0.2, 0) is 0 Å². The van der Waals surface area contributed by atoms with Crippen molar-refractivity contribution >= 4 is 11.6 Å². The third kappa shape index (κ3) is 1.40. The molecule has 78 valence electrons. The van der Waals surface area contributed by atoms with E-state index >= 15 is 0 Å². The van der Waals surface area contributed by atoms with Crippen LogP contribution in [0.1, 0.15) is 34.5 Å². The number of aryl methyl sites for hydroxylation is 2. The average molecular weight is 204 g/mol. The minimum Gasteiger partial charge on any atom is -0.293 e. The maximum Gasteiger partial charge on any atom is 0.253 e. The lowest BCUT2D eigenvalue weighted by molar-refractivity contribution is 0.101. The summed E-state index contributed by atoms with van der Waals surface area (Å²) in [6.45, 7) is 7.04. The van der Waals surface area contributed by atoms with Gasteiger partial charge in [-0.05, 0) is 26.3 Å². The van der Waals surface area contributed by atoms with Crippen LogP contribution in [0, 0.1) is 20.8 Å². The first-order valence-corrected chi connectivity index (χ1v) is 4.72. The van der Waals surface area contributed by atoms with E-state index in [2.05, 4.69) is 15.1 Å². The molecular weight excluding hydrogens is 192 g/mol. The third-order valence-corrected chi connectivity index (χ3v) is 2.41. The number of fused-ring (bicyclic) bond motifs is 1. The first-order valence-electron chi connectivity index (χ1n) is 4.72. The summed E-state index contributed by atoms with van der Waals surface area (Å²) in [5.74, 6) is 1.09. The zero-order chi connectivity index (χ0) is 11.2. The van der Waals surface area contributed by atoms with Crippen molar-refractivity contribution in [3.05, 3.63) is 22.8 Å². The fourth-order valence-corrected chi connectivity index (χ4v) is 1.60. The number of hydrogen-bond acceptors (Lipinski definition) is 4. The van der Waals surface area contributed by atoms with Gasteiger partial charge in [0.05, 0.1) is 0 Å². The van der Waals surface area contributed by atoms with Crippen molar-refractivity contribution in [2.24, 2.45) is 0 Å². The molecule has 0 unspecified atom stereocenters. The second kappa shape index (κ2) is 3.12. The van der Waals surface area contributed by atoms with Gasteiger partial charge in [-0.1, -0.05) is 0 Å². The van der Waals surface area contributed by atoms with Crippen molar-refractivity contribution in [3.63, 3.8) is 0 Å². The number of ketones is 1. The van der Waals surface area contributed by atoms with Gasteiger partial charge in [-0.15, -0.1) is 5.10 Å². The summed E-state index contributed by atoms with van der Waals surface area (Å²) in [6.07, 6.45) is 0. The molecule has 0 bridgehead atoms. The van der Waals surface area contributed by atoms with Crippen molar-refractivity contribution in [2.75, 3.05) is 0 Å². The highest BCUT2D eigenvalue weighted by molar-refractivity contribution is 5.94. The zero-order valence-corrected chi connectivity index (χ0v) is 9.20. The van der Waals surface area contributed by atoms with Crippen molar-refractivity contribution in [3.8, 4) is 0 Å². The SMILES string of the molecule is CC(=O)c1c(C)c(C)nc2nc(C)nn12. The van der Waals surface area contributed by atoms with Crippen LogP contribution in [0.2, 0.25) is 0 Å². The highest BCUT2D eigenvalue weighted by atomic mass is 16.1. The fourth-order valence-electron chi connectivity index (χ4n) is 1.60. The number of hydrogen-bond donors (Lipinski definition) is 0. The van der Waals surface area contributed by atoms with Crippen LogP contribution < -0.4 is 0 Å². The highest BCUT2D eigenvalue weighted by Crippen LogP contribution is 2.13. The van der Waals surface area contributed by atoms with Gasteiger partial charge in [0.1, 0.15) is 11.5 Å². The van der Waals surface area contributed by atoms with Crippen molar-refractivity contribution < 1.29 is 4.79 Å². The van der Waals surface area contributed by atoms with Gasteiger partial charge in [-0.25, -0.2) is 4.98 Å². The summed E-state index contributed by atoms with van der Waals surface area (Å²) in [5.41, 5.74) is 2.25. The molecule has 0 aromatic carbocycles. The quantitative estimate of drug-likeness (QED) is 0.656. The topological polar surface area (TPSA) is 60.2 Å². The Morgan fingerprint density at radius 2 is 1.87 bits per heavy atom. The molecular formula is C10H12N4O. The van der Waals surface area contributed by atoms with Gasteiger partial charge < -0.3 is 0 Å². The Labute approximate surface area is 87.2 Å². The average Bonchev–Trinajstić information content (AvgIpc) is 2.46. The minimum absolute atomic E-state index is 0.0205. The van der Waals surface area contributed by atoms with E-state index in [1.165, 1.54) is 11.4 Å². The molecule has 2 aromatic rings. The smallest absolute Gasteiger partial charge is 0.253 e. The Kier molecular flexibility index (Phi) is 2.03. The molecule has 0 amide bonds. The zero-order valence-electron chi connectivity index (χ0n) is 9.20. The number of rotatable bonds is 1. The molecule has 5 nitrogen and oxygen atoms in total. The molecule has 0 aliphatic carbocycles. The van der Waals surface area contributed by atoms with E-state index in [1.807, 2.05) is 13.8 Å². The lowest BCUT2D eigenvalue weighted by atomic mass is 10.1. The Morgan fingerprint density at radius 1 is 1.20 bits per heavy atom. The Balaban J connectivity index is 2.94. The van der Waals surface area contributed by atoms with Crippen LogP contribution in [0.15, 0.2) is 0 Å². The van der Waals surface area contributed by atoms with Crippen LogP contribution in [0.4, 0.5) is 0 Å². The molecule has 2 heterocycles. The second-order valence-electron chi connectivity index (χ2n) is 3.60. The number of nitrogens with zero attached hydrogens (tertiary/aromatic N) is 4. The second-order valence-corrected chi connectivity index (χ2v) is 3.60. The molecule has 0 N–H and O–H groups in total. The van der Waals surface area contributed by atoms with Crippen LogP contribution in [-0.4, -0.2) is 25.4 Å². The lowest BCUT2D eigenvalue weighted by Gasteiger charge is -2.06.